The molecule has 118 valence electrons. The van der Waals surface area contributed by atoms with Crippen LogP contribution in [-0.2, 0) is 11.3 Å². The lowest BCUT2D eigenvalue weighted by molar-refractivity contribution is -0.0588. The van der Waals surface area contributed by atoms with Crippen LogP contribution in [0.1, 0.15) is 50.1 Å². The highest BCUT2D eigenvalue weighted by Crippen LogP contribution is 2.23. The van der Waals surface area contributed by atoms with E-state index in [0.717, 1.165) is 11.4 Å². The van der Waals surface area contributed by atoms with Gasteiger partial charge in [0.2, 0.25) is 0 Å². The average Bonchev–Trinajstić information content (AvgIpc) is 3.06. The third-order valence-corrected chi connectivity index (χ3v) is 4.15. The zero-order valence-electron chi connectivity index (χ0n) is 12.6. The summed E-state index contributed by atoms with van der Waals surface area (Å²) >= 11 is 1.35. The minimum Gasteiger partial charge on any atom is -0.322 e. The summed E-state index contributed by atoms with van der Waals surface area (Å²) in [5, 5.41) is 2.88. The Kier molecular flexibility index (Phi) is 3.96. The molecule has 0 atom stereocenters. The number of nitrogens with zero attached hydrogens (tertiary/aromatic N) is 2. The van der Waals surface area contributed by atoms with Crippen LogP contribution in [0.25, 0.3) is 0 Å². The summed E-state index contributed by atoms with van der Waals surface area (Å²) in [5.41, 5.74) is 0.551. The smallest absolute Gasteiger partial charge is 0.322 e. The predicted molar refractivity (Wildman–Crippen MR) is 83.0 cm³/mol. The Labute approximate surface area is 136 Å². The van der Waals surface area contributed by atoms with Crippen LogP contribution in [0.3, 0.4) is 0 Å². The molecule has 0 radical (unpaired) electrons. The van der Waals surface area contributed by atoms with Gasteiger partial charge >= 0.3 is 5.97 Å². The minimum absolute atomic E-state index is 0.0993. The molecule has 0 aliphatic carbocycles. The fourth-order valence-corrected chi connectivity index (χ4v) is 3.20. The fourth-order valence-electron chi connectivity index (χ4n) is 2.23. The quantitative estimate of drug-likeness (QED) is 0.806. The molecular formula is C16H14N2O4S. The van der Waals surface area contributed by atoms with E-state index in [2.05, 4.69) is 18.8 Å². The van der Waals surface area contributed by atoms with Gasteiger partial charge in [0.1, 0.15) is 0 Å². The van der Waals surface area contributed by atoms with Gasteiger partial charge in [-0.15, -0.1) is 11.3 Å². The maximum Gasteiger partial charge on any atom is 0.383 e. The van der Waals surface area contributed by atoms with E-state index in [1.54, 1.807) is 17.5 Å². The maximum absolute atomic E-state index is 12.1. The lowest BCUT2D eigenvalue weighted by Gasteiger charge is -2.11. The molecule has 0 spiro atoms. The number of hydroxylamine groups is 2. The van der Waals surface area contributed by atoms with Gasteiger partial charge in [0, 0.05) is 11.8 Å². The van der Waals surface area contributed by atoms with Crippen molar-refractivity contribution in [1.82, 2.24) is 10.0 Å². The average molecular weight is 330 g/mol. The van der Waals surface area contributed by atoms with Crippen molar-refractivity contribution in [3.8, 4) is 0 Å². The largest absolute Gasteiger partial charge is 0.383 e. The monoisotopic (exact) mass is 330 g/mol. The molecule has 1 aliphatic rings. The highest BCUT2D eigenvalue weighted by atomic mass is 32.1. The van der Waals surface area contributed by atoms with Crippen LogP contribution < -0.4 is 0 Å². The van der Waals surface area contributed by atoms with Crippen molar-refractivity contribution < 1.29 is 19.2 Å². The Morgan fingerprint density at radius 3 is 2.39 bits per heavy atom. The first-order valence-electron chi connectivity index (χ1n) is 7.12. The van der Waals surface area contributed by atoms with Crippen LogP contribution in [0.4, 0.5) is 0 Å². The van der Waals surface area contributed by atoms with Crippen LogP contribution in [0.2, 0.25) is 0 Å². The number of aromatic nitrogens is 1. The number of thiazole rings is 1. The fraction of sp³-hybridized carbons (Fsp3) is 0.250. The van der Waals surface area contributed by atoms with Crippen molar-refractivity contribution in [2.75, 3.05) is 0 Å². The van der Waals surface area contributed by atoms with Gasteiger partial charge in [-0.3, -0.25) is 9.59 Å². The highest BCUT2D eigenvalue weighted by molar-refractivity contribution is 7.09. The van der Waals surface area contributed by atoms with Crippen molar-refractivity contribution in [2.45, 2.75) is 20.3 Å². The van der Waals surface area contributed by atoms with Gasteiger partial charge in [0.05, 0.1) is 16.1 Å². The van der Waals surface area contributed by atoms with E-state index in [0.29, 0.717) is 11.0 Å². The predicted octanol–water partition coefficient (Wildman–Crippen LogP) is 2.71. The zero-order valence-corrected chi connectivity index (χ0v) is 13.4. The van der Waals surface area contributed by atoms with Gasteiger partial charge in [0.25, 0.3) is 11.8 Å². The van der Waals surface area contributed by atoms with Crippen LogP contribution in [-0.4, -0.2) is 27.8 Å². The van der Waals surface area contributed by atoms with E-state index in [4.69, 9.17) is 4.84 Å². The second-order valence-corrected chi connectivity index (χ2v) is 6.50. The summed E-state index contributed by atoms with van der Waals surface area (Å²) in [6.07, 6.45) is 0.755. The summed E-state index contributed by atoms with van der Waals surface area (Å²) in [6.45, 7) is 4.11. The summed E-state index contributed by atoms with van der Waals surface area (Å²) in [6, 6.07) is 6.34. The molecule has 7 heteroatoms. The summed E-state index contributed by atoms with van der Waals surface area (Å²) in [4.78, 5) is 45.5. The summed E-state index contributed by atoms with van der Waals surface area (Å²) in [5.74, 6) is -1.68. The highest BCUT2D eigenvalue weighted by Gasteiger charge is 2.39. The van der Waals surface area contributed by atoms with E-state index in [9.17, 15) is 14.4 Å². The molecule has 0 saturated heterocycles. The number of carbonyl (C=O) groups is 3. The molecular weight excluding hydrogens is 316 g/mol. The normalized spacial score (nSPS) is 13.6. The Bertz CT molecular complexity index is 762. The number of hydrogen-bond acceptors (Lipinski definition) is 6. The van der Waals surface area contributed by atoms with Crippen molar-refractivity contribution >= 4 is 29.1 Å². The minimum atomic E-state index is -0.814. The molecule has 2 aromatic rings. The zero-order chi connectivity index (χ0) is 16.6. The van der Waals surface area contributed by atoms with Gasteiger partial charge < -0.3 is 4.84 Å². The van der Waals surface area contributed by atoms with E-state index in [1.165, 1.54) is 23.5 Å². The molecule has 23 heavy (non-hydrogen) atoms. The van der Waals surface area contributed by atoms with Crippen molar-refractivity contribution in [3.05, 3.63) is 51.5 Å². The number of imide groups is 1. The molecule has 0 fully saturated rings. The first-order valence-corrected chi connectivity index (χ1v) is 8.00. The first-order chi connectivity index (χ1) is 11.0. The Balaban J connectivity index is 1.75. The summed E-state index contributed by atoms with van der Waals surface area (Å²) < 4.78 is 0. The first kappa shape index (κ1) is 15.4. The number of benzene rings is 1. The molecule has 3 rings (SSSR count). The van der Waals surface area contributed by atoms with Crippen LogP contribution in [0, 0.1) is 5.92 Å². The van der Waals surface area contributed by atoms with Crippen LogP contribution in [0.15, 0.2) is 29.6 Å². The Morgan fingerprint density at radius 1 is 1.22 bits per heavy atom. The molecule has 1 aromatic heterocycles. The second-order valence-electron chi connectivity index (χ2n) is 5.55. The number of rotatable bonds is 4. The van der Waals surface area contributed by atoms with Crippen molar-refractivity contribution in [3.63, 3.8) is 0 Å². The van der Waals surface area contributed by atoms with Gasteiger partial charge in [-0.1, -0.05) is 31.0 Å². The molecule has 0 bridgehead atoms. The molecule has 6 nitrogen and oxygen atoms in total. The number of fused-ring (bicyclic) bond motifs is 1. The lowest BCUT2D eigenvalue weighted by atomic mass is 10.1. The Hall–Kier alpha value is -2.54. The number of hydrogen-bond donors (Lipinski definition) is 0. The topological polar surface area (TPSA) is 76.6 Å². The molecule has 2 heterocycles. The van der Waals surface area contributed by atoms with E-state index >= 15 is 0 Å². The molecule has 1 aromatic carbocycles. The molecule has 0 N–H and O–H groups in total. The summed E-state index contributed by atoms with van der Waals surface area (Å²) in [7, 11) is 0. The van der Waals surface area contributed by atoms with Gasteiger partial charge in [-0.2, -0.15) is 0 Å². The van der Waals surface area contributed by atoms with E-state index in [1.807, 2.05) is 0 Å². The van der Waals surface area contributed by atoms with Crippen LogP contribution in [0.5, 0.6) is 0 Å². The van der Waals surface area contributed by atoms with E-state index in [-0.39, 0.29) is 16.8 Å². The van der Waals surface area contributed by atoms with Crippen molar-refractivity contribution in [1.29, 1.82) is 0 Å². The third kappa shape index (κ3) is 2.87. The van der Waals surface area contributed by atoms with Crippen molar-refractivity contribution in [2.24, 2.45) is 5.92 Å². The van der Waals surface area contributed by atoms with Gasteiger partial charge in [0.15, 0.2) is 5.69 Å². The van der Waals surface area contributed by atoms with Gasteiger partial charge in [-0.25, -0.2) is 9.78 Å². The van der Waals surface area contributed by atoms with Crippen LogP contribution >= 0.6 is 11.3 Å². The molecule has 2 amide bonds. The van der Waals surface area contributed by atoms with E-state index < -0.39 is 17.8 Å². The standard InChI is InChI=1S/C16H14N2O4S/c1-9(2)7-13-17-12(8-23-13)16(21)22-18-14(19)10-5-3-4-6-11(10)15(18)20/h3-6,8-9H,7H2,1-2H3. The molecule has 1 aliphatic heterocycles. The second kappa shape index (κ2) is 5.92. The molecule has 0 unspecified atom stereocenters. The Morgan fingerprint density at radius 2 is 1.83 bits per heavy atom. The molecule has 0 saturated carbocycles. The maximum atomic E-state index is 12.1. The lowest BCUT2D eigenvalue weighted by Crippen LogP contribution is -2.32. The third-order valence-electron chi connectivity index (χ3n) is 3.27. The van der Waals surface area contributed by atoms with Gasteiger partial charge in [-0.05, 0) is 18.1 Å². The SMILES string of the molecule is CC(C)Cc1nc(C(=O)ON2C(=O)c3ccccc3C2=O)cs1. The number of amides is 2. The number of carbonyl (C=O) groups excluding carboxylic acids is 3.